The first-order valence-corrected chi connectivity index (χ1v) is 9.61. The van der Waals surface area contributed by atoms with Gasteiger partial charge in [0.2, 0.25) is 11.8 Å². The van der Waals surface area contributed by atoms with E-state index in [1.807, 2.05) is 29.2 Å². The minimum absolute atomic E-state index is 0. The van der Waals surface area contributed by atoms with Gasteiger partial charge in [0.05, 0.1) is 10.9 Å². The number of carbonyl (C=O) groups excluding carboxylic acids is 2. The Bertz CT molecular complexity index is 575. The van der Waals surface area contributed by atoms with Crippen LogP contribution in [0.2, 0.25) is 5.02 Å². The molecule has 3 N–H and O–H groups in total. The highest BCUT2D eigenvalue weighted by Gasteiger charge is 2.27. The molecule has 0 saturated carbocycles. The first-order valence-electron chi connectivity index (χ1n) is 8.24. The zero-order chi connectivity index (χ0) is 17.4. The van der Waals surface area contributed by atoms with Gasteiger partial charge in [-0.3, -0.25) is 9.59 Å². The molecular formula is C17H25Cl2N3O2S. The molecule has 1 heterocycles. The lowest BCUT2D eigenvalue weighted by Crippen LogP contribution is -2.46. The summed E-state index contributed by atoms with van der Waals surface area (Å²) in [6.07, 6.45) is 2.14. The number of thioether (sulfide) groups is 1. The Morgan fingerprint density at radius 3 is 2.84 bits per heavy atom. The summed E-state index contributed by atoms with van der Waals surface area (Å²) < 4.78 is 0. The third-order valence-corrected chi connectivity index (χ3v) is 5.52. The van der Waals surface area contributed by atoms with Crippen LogP contribution in [0.5, 0.6) is 0 Å². The molecular weight excluding hydrogens is 381 g/mol. The smallest absolute Gasteiger partial charge is 0.224 e. The topological polar surface area (TPSA) is 75.4 Å². The van der Waals surface area contributed by atoms with Crippen molar-refractivity contribution in [3.8, 4) is 0 Å². The van der Waals surface area contributed by atoms with Gasteiger partial charge < -0.3 is 16.0 Å². The normalized spacial score (nSPS) is 16.9. The molecule has 0 aromatic heterocycles. The number of halogens is 2. The predicted molar refractivity (Wildman–Crippen MR) is 105 cm³/mol. The largest absolute Gasteiger partial charge is 0.355 e. The average Bonchev–Trinajstić information content (AvgIpc) is 2.61. The molecule has 0 radical (unpaired) electrons. The Labute approximate surface area is 164 Å². The molecule has 0 bridgehead atoms. The van der Waals surface area contributed by atoms with E-state index in [2.05, 4.69) is 5.32 Å². The Balaban J connectivity index is 0.00000312. The number of rotatable bonds is 7. The van der Waals surface area contributed by atoms with Crippen LogP contribution in [0.15, 0.2) is 29.2 Å². The number of carbonyl (C=O) groups is 2. The van der Waals surface area contributed by atoms with E-state index in [9.17, 15) is 9.59 Å². The number of piperidine rings is 1. The van der Waals surface area contributed by atoms with Crippen molar-refractivity contribution in [3.05, 3.63) is 29.3 Å². The highest BCUT2D eigenvalue weighted by atomic mass is 35.5. The van der Waals surface area contributed by atoms with Crippen LogP contribution in [0.25, 0.3) is 0 Å². The maximum Gasteiger partial charge on any atom is 0.224 e. The second-order valence-corrected chi connectivity index (χ2v) is 7.33. The van der Waals surface area contributed by atoms with Crippen molar-refractivity contribution in [1.82, 2.24) is 10.2 Å². The van der Waals surface area contributed by atoms with Crippen molar-refractivity contribution < 1.29 is 9.59 Å². The number of nitrogens with two attached hydrogens (primary N) is 1. The van der Waals surface area contributed by atoms with Gasteiger partial charge in [-0.1, -0.05) is 23.7 Å². The molecule has 8 heteroatoms. The summed E-state index contributed by atoms with van der Waals surface area (Å²) in [4.78, 5) is 27.2. The molecule has 1 aromatic carbocycles. The van der Waals surface area contributed by atoms with E-state index in [1.54, 1.807) is 11.8 Å². The van der Waals surface area contributed by atoms with Crippen molar-refractivity contribution in [2.24, 2.45) is 11.7 Å². The maximum atomic E-state index is 12.4. The second-order valence-electron chi connectivity index (χ2n) is 5.79. The highest BCUT2D eigenvalue weighted by molar-refractivity contribution is 7.99. The summed E-state index contributed by atoms with van der Waals surface area (Å²) in [6, 6.07) is 7.63. The van der Waals surface area contributed by atoms with Crippen molar-refractivity contribution in [3.63, 3.8) is 0 Å². The number of amides is 2. The van der Waals surface area contributed by atoms with Crippen LogP contribution in [0.1, 0.15) is 19.3 Å². The fourth-order valence-electron chi connectivity index (χ4n) is 2.73. The molecule has 1 aromatic rings. The Morgan fingerprint density at radius 1 is 1.36 bits per heavy atom. The van der Waals surface area contributed by atoms with E-state index in [0.717, 1.165) is 24.3 Å². The summed E-state index contributed by atoms with van der Waals surface area (Å²) in [6.45, 7) is 2.15. The molecule has 1 aliphatic heterocycles. The molecule has 1 aliphatic rings. The van der Waals surface area contributed by atoms with Crippen LogP contribution in [0.4, 0.5) is 0 Å². The lowest BCUT2D eigenvalue weighted by atomic mass is 9.97. The summed E-state index contributed by atoms with van der Waals surface area (Å²) in [5, 5.41) is 3.52. The van der Waals surface area contributed by atoms with E-state index >= 15 is 0 Å². The standard InChI is InChI=1S/C17H24ClN3O2S.ClH/c18-14-5-1-2-6-15(14)24-11-7-16(22)21-10-3-4-13(12-21)17(23)20-9-8-19;/h1-2,5-6,13H,3-4,7-12,19H2,(H,20,23);1H. The van der Waals surface area contributed by atoms with Crippen LogP contribution < -0.4 is 11.1 Å². The predicted octanol–water partition coefficient (Wildman–Crippen LogP) is 2.56. The van der Waals surface area contributed by atoms with E-state index in [4.69, 9.17) is 17.3 Å². The summed E-state index contributed by atoms with van der Waals surface area (Å²) in [5.74, 6) is 0.670. The van der Waals surface area contributed by atoms with Crippen LogP contribution in [-0.4, -0.2) is 48.6 Å². The Hall–Kier alpha value is -0.950. The molecule has 1 saturated heterocycles. The van der Waals surface area contributed by atoms with Gasteiger partial charge in [0.25, 0.3) is 0 Å². The van der Waals surface area contributed by atoms with E-state index < -0.39 is 0 Å². The molecule has 140 valence electrons. The van der Waals surface area contributed by atoms with Crippen LogP contribution in [0.3, 0.4) is 0 Å². The first-order chi connectivity index (χ1) is 11.6. The van der Waals surface area contributed by atoms with Crippen LogP contribution in [-0.2, 0) is 9.59 Å². The molecule has 5 nitrogen and oxygen atoms in total. The van der Waals surface area contributed by atoms with Gasteiger partial charge in [-0.25, -0.2) is 0 Å². The van der Waals surface area contributed by atoms with Gasteiger partial charge in [-0.2, -0.15) is 0 Å². The van der Waals surface area contributed by atoms with Crippen molar-refractivity contribution >= 4 is 47.6 Å². The van der Waals surface area contributed by atoms with Gasteiger partial charge in [-0.15, -0.1) is 24.2 Å². The van der Waals surface area contributed by atoms with Gasteiger partial charge in [0.15, 0.2) is 0 Å². The Kier molecular flexibility index (Phi) is 10.3. The quantitative estimate of drug-likeness (QED) is 0.683. The average molecular weight is 406 g/mol. The molecule has 1 unspecified atom stereocenters. The maximum absolute atomic E-state index is 12.4. The van der Waals surface area contributed by atoms with Gasteiger partial charge >= 0.3 is 0 Å². The molecule has 2 rings (SSSR count). The number of benzene rings is 1. The summed E-state index contributed by atoms with van der Waals surface area (Å²) in [7, 11) is 0. The number of nitrogens with one attached hydrogen (secondary N) is 1. The number of nitrogens with zero attached hydrogens (tertiary/aromatic N) is 1. The second kappa shape index (κ2) is 11.6. The third kappa shape index (κ3) is 7.05. The van der Waals surface area contributed by atoms with Gasteiger partial charge in [-0.05, 0) is 25.0 Å². The molecule has 2 amide bonds. The number of hydrogen-bond acceptors (Lipinski definition) is 4. The molecule has 0 spiro atoms. The van der Waals surface area contributed by atoms with E-state index in [0.29, 0.717) is 36.8 Å². The zero-order valence-electron chi connectivity index (χ0n) is 14.1. The minimum Gasteiger partial charge on any atom is -0.355 e. The first kappa shape index (κ1) is 22.1. The van der Waals surface area contributed by atoms with Crippen molar-refractivity contribution in [2.45, 2.75) is 24.2 Å². The third-order valence-electron chi connectivity index (χ3n) is 4.00. The van der Waals surface area contributed by atoms with E-state index in [1.165, 1.54) is 0 Å². The van der Waals surface area contributed by atoms with Crippen molar-refractivity contribution in [1.29, 1.82) is 0 Å². The van der Waals surface area contributed by atoms with Crippen LogP contribution in [0, 0.1) is 5.92 Å². The molecule has 25 heavy (non-hydrogen) atoms. The zero-order valence-corrected chi connectivity index (χ0v) is 16.5. The molecule has 0 aliphatic carbocycles. The molecule has 1 fully saturated rings. The molecule has 1 atom stereocenters. The monoisotopic (exact) mass is 405 g/mol. The van der Waals surface area contributed by atoms with E-state index in [-0.39, 0.29) is 30.1 Å². The lowest BCUT2D eigenvalue weighted by Gasteiger charge is -2.32. The lowest BCUT2D eigenvalue weighted by molar-refractivity contribution is -0.135. The van der Waals surface area contributed by atoms with Crippen molar-refractivity contribution in [2.75, 3.05) is 31.9 Å². The number of likely N-dealkylation sites (tertiary alicyclic amines) is 1. The minimum atomic E-state index is -0.120. The SMILES string of the molecule is Cl.NCCNC(=O)C1CCCN(C(=O)CCSc2ccccc2Cl)C1. The fraction of sp³-hybridized carbons (Fsp3) is 0.529. The Morgan fingerprint density at radius 2 is 2.12 bits per heavy atom. The van der Waals surface area contributed by atoms with Crippen LogP contribution >= 0.6 is 35.8 Å². The highest BCUT2D eigenvalue weighted by Crippen LogP contribution is 2.27. The fourth-order valence-corrected chi connectivity index (χ4v) is 3.90. The van der Waals surface area contributed by atoms with Gasteiger partial charge in [0, 0.05) is 43.2 Å². The summed E-state index contributed by atoms with van der Waals surface area (Å²) in [5.41, 5.74) is 5.40. The number of hydrogen-bond donors (Lipinski definition) is 2. The summed E-state index contributed by atoms with van der Waals surface area (Å²) >= 11 is 7.70. The van der Waals surface area contributed by atoms with Gasteiger partial charge in [0.1, 0.15) is 0 Å².